The smallest absolute Gasteiger partial charge is 0.154 e. The standard InChI is InChI=1S/C27H50F2N4O/c1-9-27(31(10-2)11-3,32(12-4)22-17-23-34-13-5)21-20-25(6,7)26(8,33(28)29)30-24-18-15-14-16-19-24/h14-16,18-19,30H,9-13,17,20-23H2,1-8H3. The second-order valence-corrected chi connectivity index (χ2v) is 9.82. The molecule has 34 heavy (non-hydrogen) atoms. The molecule has 5 nitrogen and oxygen atoms in total. The van der Waals surface area contributed by atoms with Gasteiger partial charge in [0.1, 0.15) is 0 Å². The molecule has 198 valence electrons. The van der Waals surface area contributed by atoms with Gasteiger partial charge >= 0.3 is 0 Å². The van der Waals surface area contributed by atoms with E-state index in [1.54, 1.807) is 6.92 Å². The van der Waals surface area contributed by atoms with E-state index in [9.17, 15) is 8.96 Å². The fourth-order valence-electron chi connectivity index (χ4n) is 5.11. The lowest BCUT2D eigenvalue weighted by Gasteiger charge is -2.53. The lowest BCUT2D eigenvalue weighted by molar-refractivity contribution is -0.249. The van der Waals surface area contributed by atoms with Crippen molar-refractivity contribution < 1.29 is 13.7 Å². The Balaban J connectivity index is 3.24. The molecule has 1 aromatic carbocycles. The van der Waals surface area contributed by atoms with Crippen molar-refractivity contribution in [3.05, 3.63) is 30.3 Å². The molecule has 0 amide bonds. The molecule has 0 bridgehead atoms. The summed E-state index contributed by atoms with van der Waals surface area (Å²) in [5, 5.41) is 2.48. The molecule has 1 aromatic rings. The third-order valence-electron chi connectivity index (χ3n) is 7.78. The summed E-state index contributed by atoms with van der Waals surface area (Å²) in [6.07, 6.45) is 3.34. The highest BCUT2D eigenvalue weighted by Gasteiger charge is 2.50. The van der Waals surface area contributed by atoms with Crippen LogP contribution in [0.3, 0.4) is 0 Å². The minimum absolute atomic E-state index is 0.188. The molecular formula is C27H50F2N4O. The Morgan fingerprint density at radius 1 is 0.853 bits per heavy atom. The number of nitrogens with zero attached hydrogens (tertiary/aromatic N) is 3. The van der Waals surface area contributed by atoms with E-state index in [0.29, 0.717) is 12.1 Å². The van der Waals surface area contributed by atoms with Crippen LogP contribution in [0.25, 0.3) is 0 Å². The molecule has 1 N–H and O–H groups in total. The summed E-state index contributed by atoms with van der Waals surface area (Å²) < 4.78 is 34.5. The van der Waals surface area contributed by atoms with Gasteiger partial charge in [0.2, 0.25) is 0 Å². The first-order chi connectivity index (χ1) is 16.1. The highest BCUT2D eigenvalue weighted by molar-refractivity contribution is 5.45. The van der Waals surface area contributed by atoms with Gasteiger partial charge in [0.25, 0.3) is 0 Å². The fourth-order valence-corrected chi connectivity index (χ4v) is 5.11. The SMILES string of the molecule is CCOCCCN(CC)C(CC)(CCC(C)(C)C(C)(Nc1ccccc1)N(F)F)N(CC)CC. The summed E-state index contributed by atoms with van der Waals surface area (Å²) in [5.74, 6) is 0. The average Bonchev–Trinajstić information content (AvgIpc) is 2.82. The molecule has 1 rings (SSSR count). The largest absolute Gasteiger partial charge is 0.382 e. The highest BCUT2D eigenvalue weighted by atomic mass is 19.4. The van der Waals surface area contributed by atoms with Gasteiger partial charge < -0.3 is 10.1 Å². The number of benzene rings is 1. The van der Waals surface area contributed by atoms with Crippen molar-refractivity contribution in [1.82, 2.24) is 15.1 Å². The third-order valence-corrected chi connectivity index (χ3v) is 7.78. The maximum atomic E-state index is 14.5. The van der Waals surface area contributed by atoms with Crippen LogP contribution in [0.4, 0.5) is 14.6 Å². The van der Waals surface area contributed by atoms with Gasteiger partial charge in [-0.2, -0.15) is 0 Å². The molecule has 7 heteroatoms. The number of halogens is 2. The van der Waals surface area contributed by atoms with E-state index < -0.39 is 16.4 Å². The topological polar surface area (TPSA) is 31.0 Å². The van der Waals surface area contributed by atoms with Crippen molar-refractivity contribution >= 4 is 5.69 Å². The number of nitrogens with one attached hydrogen (secondary N) is 1. The maximum Gasteiger partial charge on any atom is 0.154 e. The number of ether oxygens (including phenoxy) is 1. The van der Waals surface area contributed by atoms with Crippen LogP contribution in [0.15, 0.2) is 30.3 Å². The van der Waals surface area contributed by atoms with Gasteiger partial charge in [0.05, 0.1) is 5.66 Å². The number of hydrogen-bond acceptors (Lipinski definition) is 5. The monoisotopic (exact) mass is 484 g/mol. The predicted molar refractivity (Wildman–Crippen MR) is 140 cm³/mol. The number of rotatable bonds is 18. The predicted octanol–water partition coefficient (Wildman–Crippen LogP) is 6.89. The van der Waals surface area contributed by atoms with Gasteiger partial charge in [-0.1, -0.05) is 68.7 Å². The van der Waals surface area contributed by atoms with E-state index in [2.05, 4.69) is 42.8 Å². The molecular weight excluding hydrogens is 434 g/mol. The van der Waals surface area contributed by atoms with Crippen molar-refractivity contribution in [2.75, 3.05) is 44.7 Å². The summed E-state index contributed by atoms with van der Waals surface area (Å²) in [5.41, 5.74) is -1.74. The van der Waals surface area contributed by atoms with Crippen LogP contribution < -0.4 is 5.32 Å². The Bertz CT molecular complexity index is 672. The fraction of sp³-hybridized carbons (Fsp3) is 0.778. The zero-order chi connectivity index (χ0) is 25.8. The molecule has 0 saturated carbocycles. The van der Waals surface area contributed by atoms with Crippen LogP contribution in [0.2, 0.25) is 0 Å². The first-order valence-corrected chi connectivity index (χ1v) is 13.1. The van der Waals surface area contributed by atoms with Gasteiger partial charge in [-0.3, -0.25) is 9.80 Å². The molecule has 0 aromatic heterocycles. The van der Waals surface area contributed by atoms with E-state index in [0.717, 1.165) is 58.7 Å². The zero-order valence-corrected chi connectivity index (χ0v) is 23.0. The van der Waals surface area contributed by atoms with Crippen molar-refractivity contribution in [2.24, 2.45) is 5.41 Å². The lowest BCUT2D eigenvalue weighted by Crippen LogP contribution is -2.62. The van der Waals surface area contributed by atoms with Gasteiger partial charge in [0, 0.05) is 36.2 Å². The van der Waals surface area contributed by atoms with Crippen molar-refractivity contribution in [3.8, 4) is 0 Å². The number of anilines is 1. The van der Waals surface area contributed by atoms with Gasteiger partial charge in [-0.05, 0) is 71.3 Å². The van der Waals surface area contributed by atoms with E-state index >= 15 is 0 Å². The van der Waals surface area contributed by atoms with Crippen LogP contribution in [0, 0.1) is 5.41 Å². The molecule has 0 spiro atoms. The van der Waals surface area contributed by atoms with Crippen LogP contribution in [0.1, 0.15) is 81.1 Å². The quantitative estimate of drug-likeness (QED) is 0.139. The van der Waals surface area contributed by atoms with Crippen molar-refractivity contribution in [3.63, 3.8) is 0 Å². The molecule has 0 saturated heterocycles. The van der Waals surface area contributed by atoms with Crippen molar-refractivity contribution in [1.29, 1.82) is 0 Å². The van der Waals surface area contributed by atoms with E-state index in [4.69, 9.17) is 4.74 Å². The van der Waals surface area contributed by atoms with Crippen LogP contribution in [-0.2, 0) is 4.74 Å². The Morgan fingerprint density at radius 3 is 1.91 bits per heavy atom. The second kappa shape index (κ2) is 14.3. The van der Waals surface area contributed by atoms with E-state index in [1.165, 1.54) is 0 Å². The summed E-state index contributed by atoms with van der Waals surface area (Å²) in [6.45, 7) is 21.5. The summed E-state index contributed by atoms with van der Waals surface area (Å²) in [6, 6.07) is 9.28. The molecule has 0 radical (unpaired) electrons. The minimum Gasteiger partial charge on any atom is -0.382 e. The molecule has 0 aliphatic heterocycles. The number of hydrogen-bond donors (Lipinski definition) is 1. The van der Waals surface area contributed by atoms with Gasteiger partial charge in [-0.25, -0.2) is 0 Å². The maximum absolute atomic E-state index is 14.5. The second-order valence-electron chi connectivity index (χ2n) is 9.82. The summed E-state index contributed by atoms with van der Waals surface area (Å²) >= 11 is 0. The Hall–Kier alpha value is -1.28. The van der Waals surface area contributed by atoms with E-state index in [1.807, 2.05) is 51.1 Å². The average molecular weight is 485 g/mol. The molecule has 0 aliphatic rings. The van der Waals surface area contributed by atoms with Crippen LogP contribution in [-0.4, -0.2) is 65.9 Å². The molecule has 2 atom stereocenters. The molecule has 0 heterocycles. The van der Waals surface area contributed by atoms with Crippen LogP contribution >= 0.6 is 0 Å². The molecule has 0 fully saturated rings. The first kappa shape index (κ1) is 30.8. The van der Waals surface area contributed by atoms with Crippen molar-refractivity contribution in [2.45, 2.75) is 92.4 Å². The Morgan fingerprint density at radius 2 is 1.44 bits per heavy atom. The van der Waals surface area contributed by atoms with Gasteiger partial charge in [-0.15, -0.1) is 0 Å². The Kier molecular flexibility index (Phi) is 13.0. The minimum atomic E-state index is -1.52. The van der Waals surface area contributed by atoms with E-state index in [-0.39, 0.29) is 5.66 Å². The molecule has 0 aliphatic carbocycles. The normalized spacial score (nSPS) is 16.1. The number of para-hydroxylation sites is 1. The van der Waals surface area contributed by atoms with Crippen LogP contribution in [0.5, 0.6) is 0 Å². The third kappa shape index (κ3) is 7.36. The van der Waals surface area contributed by atoms with Gasteiger partial charge in [0.15, 0.2) is 5.66 Å². The summed E-state index contributed by atoms with van der Waals surface area (Å²) in [7, 11) is 0. The first-order valence-electron chi connectivity index (χ1n) is 13.1. The highest BCUT2D eigenvalue weighted by Crippen LogP contribution is 2.44. The lowest BCUT2D eigenvalue weighted by atomic mass is 9.73. The zero-order valence-electron chi connectivity index (χ0n) is 23.0. The summed E-state index contributed by atoms with van der Waals surface area (Å²) in [4.78, 5) is 5.05. The molecule has 2 unspecified atom stereocenters. The Labute approximate surface area is 207 Å².